The first-order valence-electron chi connectivity index (χ1n) is 10.6. The maximum absolute atomic E-state index is 12.6. The molecular weight excluding hydrogens is 364 g/mol. The summed E-state index contributed by atoms with van der Waals surface area (Å²) in [5.41, 5.74) is 0.901. The van der Waals surface area contributed by atoms with E-state index in [-0.39, 0.29) is 24.2 Å². The largest absolute Gasteiger partial charge is 0.356 e. The van der Waals surface area contributed by atoms with Crippen molar-refractivity contribution >= 4 is 28.3 Å². The van der Waals surface area contributed by atoms with Crippen LogP contribution in [0.3, 0.4) is 0 Å². The zero-order chi connectivity index (χ0) is 20.2. The highest BCUT2D eigenvalue weighted by Crippen LogP contribution is 2.31. The second-order valence-electron chi connectivity index (χ2n) is 8.19. The number of carbonyl (C=O) groups is 2. The van der Waals surface area contributed by atoms with E-state index in [1.54, 1.807) is 4.90 Å². The number of amides is 2. The fraction of sp³-hybridized carbons (Fsp3) is 0.478. The highest BCUT2D eigenvalue weighted by Gasteiger charge is 2.35. The summed E-state index contributed by atoms with van der Waals surface area (Å²) in [5, 5.41) is 5.21. The van der Waals surface area contributed by atoms with Crippen LogP contribution in [0.5, 0.6) is 0 Å². The van der Waals surface area contributed by atoms with E-state index >= 15 is 0 Å². The Balaban J connectivity index is 1.29. The maximum atomic E-state index is 12.6. The average molecular weight is 395 g/mol. The summed E-state index contributed by atoms with van der Waals surface area (Å²) in [4.78, 5) is 31.8. The molecule has 2 aliphatic rings. The molecule has 2 aromatic rings. The van der Waals surface area contributed by atoms with Gasteiger partial charge in [0.2, 0.25) is 11.8 Å². The number of rotatable bonds is 6. The van der Waals surface area contributed by atoms with Gasteiger partial charge in [0.25, 0.3) is 0 Å². The van der Waals surface area contributed by atoms with Crippen LogP contribution in [0.25, 0.3) is 10.8 Å². The quantitative estimate of drug-likeness (QED) is 0.761. The van der Waals surface area contributed by atoms with Crippen LogP contribution in [-0.4, -0.2) is 74.5 Å². The first kappa shape index (κ1) is 19.9. The molecule has 0 bridgehead atoms. The molecule has 2 aromatic carbocycles. The standard InChI is InChI=1S/C23H30N4O2/c1-25-12-14-26(15-13-25)11-5-10-24-23(29)19-16-22(28)27(17-19)21-9-4-7-18-6-2-3-8-20(18)21/h2-4,6-9,19H,5,10-17H2,1H3,(H,24,29). The molecule has 0 spiro atoms. The van der Waals surface area contributed by atoms with Gasteiger partial charge in [-0.3, -0.25) is 9.59 Å². The van der Waals surface area contributed by atoms with E-state index in [1.165, 1.54) is 0 Å². The average Bonchev–Trinajstić information content (AvgIpc) is 3.13. The molecular formula is C23H30N4O2. The van der Waals surface area contributed by atoms with Crippen molar-refractivity contribution in [3.05, 3.63) is 42.5 Å². The molecule has 0 aromatic heterocycles. The van der Waals surface area contributed by atoms with Gasteiger partial charge in [-0.2, -0.15) is 0 Å². The molecule has 154 valence electrons. The van der Waals surface area contributed by atoms with Crippen molar-refractivity contribution in [2.45, 2.75) is 12.8 Å². The molecule has 1 N–H and O–H groups in total. The lowest BCUT2D eigenvalue weighted by Crippen LogP contribution is -2.45. The molecule has 2 fully saturated rings. The number of likely N-dealkylation sites (N-methyl/N-ethyl adjacent to an activating group) is 1. The number of nitrogens with one attached hydrogen (secondary N) is 1. The highest BCUT2D eigenvalue weighted by atomic mass is 16.2. The lowest BCUT2D eigenvalue weighted by molar-refractivity contribution is -0.126. The third-order valence-electron chi connectivity index (χ3n) is 6.10. The Bertz CT molecular complexity index is 871. The first-order valence-corrected chi connectivity index (χ1v) is 10.6. The van der Waals surface area contributed by atoms with E-state index in [4.69, 9.17) is 0 Å². The third kappa shape index (κ3) is 4.60. The molecule has 6 nitrogen and oxygen atoms in total. The minimum absolute atomic E-state index is 0.000496. The van der Waals surface area contributed by atoms with Crippen molar-refractivity contribution in [2.24, 2.45) is 5.92 Å². The number of anilines is 1. The lowest BCUT2D eigenvalue weighted by atomic mass is 10.1. The molecule has 2 aliphatic heterocycles. The lowest BCUT2D eigenvalue weighted by Gasteiger charge is -2.32. The summed E-state index contributed by atoms with van der Waals surface area (Å²) in [6.45, 7) is 6.56. The van der Waals surface area contributed by atoms with Crippen LogP contribution in [0.15, 0.2) is 42.5 Å². The highest BCUT2D eigenvalue weighted by molar-refractivity contribution is 6.06. The van der Waals surface area contributed by atoms with E-state index in [0.29, 0.717) is 13.1 Å². The SMILES string of the molecule is CN1CCN(CCCNC(=O)C2CC(=O)N(c3cccc4ccccc34)C2)CC1. The number of hydrogen-bond acceptors (Lipinski definition) is 4. The summed E-state index contributed by atoms with van der Waals surface area (Å²) in [6.07, 6.45) is 1.23. The summed E-state index contributed by atoms with van der Waals surface area (Å²) in [5.74, 6) is -0.247. The molecule has 1 atom stereocenters. The minimum Gasteiger partial charge on any atom is -0.356 e. The molecule has 6 heteroatoms. The second kappa shape index (κ2) is 8.93. The Kier molecular flexibility index (Phi) is 6.11. The van der Waals surface area contributed by atoms with Gasteiger partial charge in [0.15, 0.2) is 0 Å². The monoisotopic (exact) mass is 394 g/mol. The molecule has 4 rings (SSSR count). The number of nitrogens with zero attached hydrogens (tertiary/aromatic N) is 3. The fourth-order valence-electron chi connectivity index (χ4n) is 4.29. The molecule has 0 radical (unpaired) electrons. The predicted molar refractivity (Wildman–Crippen MR) is 116 cm³/mol. The van der Waals surface area contributed by atoms with Crippen molar-refractivity contribution in [2.75, 3.05) is 57.8 Å². The normalized spacial score (nSPS) is 21.1. The van der Waals surface area contributed by atoms with Gasteiger partial charge < -0.3 is 20.0 Å². The fourth-order valence-corrected chi connectivity index (χ4v) is 4.29. The number of piperazine rings is 1. The maximum Gasteiger partial charge on any atom is 0.227 e. The number of fused-ring (bicyclic) bond motifs is 1. The molecule has 0 aliphatic carbocycles. The van der Waals surface area contributed by atoms with Crippen molar-refractivity contribution in [3.8, 4) is 0 Å². The summed E-state index contributed by atoms with van der Waals surface area (Å²) in [7, 11) is 2.15. The second-order valence-corrected chi connectivity index (χ2v) is 8.19. The van der Waals surface area contributed by atoms with E-state index in [2.05, 4.69) is 22.2 Å². The molecule has 1 unspecified atom stereocenters. The van der Waals surface area contributed by atoms with Crippen LogP contribution >= 0.6 is 0 Å². The van der Waals surface area contributed by atoms with Gasteiger partial charge in [0.1, 0.15) is 0 Å². The molecule has 2 heterocycles. The van der Waals surface area contributed by atoms with E-state index < -0.39 is 0 Å². The minimum atomic E-state index is -0.273. The summed E-state index contributed by atoms with van der Waals surface area (Å²) >= 11 is 0. The van der Waals surface area contributed by atoms with Gasteiger partial charge >= 0.3 is 0 Å². The van der Waals surface area contributed by atoms with Crippen molar-refractivity contribution in [1.29, 1.82) is 0 Å². The summed E-state index contributed by atoms with van der Waals surface area (Å²) < 4.78 is 0. The van der Waals surface area contributed by atoms with Crippen LogP contribution in [0.2, 0.25) is 0 Å². The molecule has 2 amide bonds. The Hall–Kier alpha value is -2.44. The predicted octanol–water partition coefficient (Wildman–Crippen LogP) is 1.95. The molecule has 2 saturated heterocycles. The van der Waals surface area contributed by atoms with E-state index in [0.717, 1.165) is 55.6 Å². The van der Waals surface area contributed by atoms with Gasteiger partial charge in [0.05, 0.1) is 11.6 Å². The van der Waals surface area contributed by atoms with Crippen LogP contribution in [0, 0.1) is 5.92 Å². The van der Waals surface area contributed by atoms with Gasteiger partial charge in [-0.1, -0.05) is 36.4 Å². The third-order valence-corrected chi connectivity index (χ3v) is 6.10. The van der Waals surface area contributed by atoms with Crippen LogP contribution in [0.4, 0.5) is 5.69 Å². The van der Waals surface area contributed by atoms with Crippen molar-refractivity contribution < 1.29 is 9.59 Å². The van der Waals surface area contributed by atoms with Gasteiger partial charge in [-0.25, -0.2) is 0 Å². The number of carbonyl (C=O) groups excluding carboxylic acids is 2. The van der Waals surface area contributed by atoms with Crippen molar-refractivity contribution in [3.63, 3.8) is 0 Å². The molecule has 0 saturated carbocycles. The number of benzene rings is 2. The van der Waals surface area contributed by atoms with Crippen LogP contribution in [0.1, 0.15) is 12.8 Å². The van der Waals surface area contributed by atoms with Crippen LogP contribution in [-0.2, 0) is 9.59 Å². The molecule has 29 heavy (non-hydrogen) atoms. The number of hydrogen-bond donors (Lipinski definition) is 1. The Morgan fingerprint density at radius 1 is 1.07 bits per heavy atom. The smallest absolute Gasteiger partial charge is 0.227 e. The topological polar surface area (TPSA) is 55.9 Å². The van der Waals surface area contributed by atoms with Gasteiger partial charge in [0, 0.05) is 51.1 Å². The first-order chi connectivity index (χ1) is 14.1. The van der Waals surface area contributed by atoms with Gasteiger partial charge in [-0.05, 0) is 31.5 Å². The zero-order valence-corrected chi connectivity index (χ0v) is 17.1. The Morgan fingerprint density at radius 3 is 2.66 bits per heavy atom. The zero-order valence-electron chi connectivity index (χ0n) is 17.1. The van der Waals surface area contributed by atoms with Gasteiger partial charge in [-0.15, -0.1) is 0 Å². The summed E-state index contributed by atoms with van der Waals surface area (Å²) in [6, 6.07) is 14.0. The van der Waals surface area contributed by atoms with E-state index in [9.17, 15) is 9.59 Å². The van der Waals surface area contributed by atoms with E-state index in [1.807, 2.05) is 42.5 Å². The Morgan fingerprint density at radius 2 is 1.83 bits per heavy atom. The Labute approximate surface area is 172 Å². The van der Waals surface area contributed by atoms with Crippen LogP contribution < -0.4 is 10.2 Å². The van der Waals surface area contributed by atoms with Crippen molar-refractivity contribution in [1.82, 2.24) is 15.1 Å².